The Balaban J connectivity index is 1.34. The standard InChI is InChI=1S/C21H26ClN3O3S/c22-16-6-8-18(9-7-16)28-14-20-24-17(15-29-20)13-19(26)23-10-4-12-25-11-3-1-2-5-21(25)27/h6-9,15H,1-5,10-14H2,(H,23,26). The van der Waals surface area contributed by atoms with Gasteiger partial charge in [-0.15, -0.1) is 11.3 Å². The number of likely N-dealkylation sites (tertiary alicyclic amines) is 1. The van der Waals surface area contributed by atoms with Crippen molar-refractivity contribution in [1.29, 1.82) is 0 Å². The fourth-order valence-corrected chi connectivity index (χ4v) is 4.00. The van der Waals surface area contributed by atoms with Gasteiger partial charge in [-0.2, -0.15) is 0 Å². The number of ether oxygens (including phenoxy) is 1. The number of thiazole rings is 1. The predicted molar refractivity (Wildman–Crippen MR) is 114 cm³/mol. The van der Waals surface area contributed by atoms with Crippen LogP contribution < -0.4 is 10.1 Å². The average Bonchev–Trinajstić information content (AvgIpc) is 3.05. The highest BCUT2D eigenvalue weighted by molar-refractivity contribution is 7.09. The highest BCUT2D eigenvalue weighted by Gasteiger charge is 2.16. The Hall–Kier alpha value is -2.12. The van der Waals surface area contributed by atoms with Crippen LogP contribution in [0, 0.1) is 0 Å². The maximum atomic E-state index is 12.1. The molecule has 1 fully saturated rings. The van der Waals surface area contributed by atoms with Gasteiger partial charge in [0.2, 0.25) is 11.8 Å². The van der Waals surface area contributed by atoms with Gasteiger partial charge in [0, 0.05) is 36.5 Å². The van der Waals surface area contributed by atoms with Crippen molar-refractivity contribution in [3.8, 4) is 5.75 Å². The van der Waals surface area contributed by atoms with E-state index in [9.17, 15) is 9.59 Å². The molecule has 0 atom stereocenters. The lowest BCUT2D eigenvalue weighted by Gasteiger charge is -2.20. The molecular weight excluding hydrogens is 410 g/mol. The summed E-state index contributed by atoms with van der Waals surface area (Å²) in [5.74, 6) is 0.916. The number of nitrogens with one attached hydrogen (secondary N) is 1. The zero-order valence-electron chi connectivity index (χ0n) is 16.4. The summed E-state index contributed by atoms with van der Waals surface area (Å²) in [7, 11) is 0. The quantitative estimate of drug-likeness (QED) is 0.607. The summed E-state index contributed by atoms with van der Waals surface area (Å²) in [6.45, 7) is 2.48. The number of halogens is 1. The molecule has 1 N–H and O–H groups in total. The van der Waals surface area contributed by atoms with Crippen molar-refractivity contribution < 1.29 is 14.3 Å². The first kappa shape index (κ1) is 21.6. The lowest BCUT2D eigenvalue weighted by molar-refractivity contribution is -0.130. The predicted octanol–water partition coefficient (Wildman–Crippen LogP) is 3.83. The van der Waals surface area contributed by atoms with Crippen LogP contribution in [0.25, 0.3) is 0 Å². The second-order valence-corrected chi connectivity index (χ2v) is 8.43. The Bertz CT molecular complexity index is 810. The molecule has 2 heterocycles. The molecule has 0 bridgehead atoms. The maximum Gasteiger partial charge on any atom is 0.226 e. The van der Waals surface area contributed by atoms with Crippen LogP contribution in [-0.4, -0.2) is 41.3 Å². The fraction of sp³-hybridized carbons (Fsp3) is 0.476. The zero-order chi connectivity index (χ0) is 20.5. The molecule has 0 radical (unpaired) electrons. The number of rotatable bonds is 9. The third-order valence-electron chi connectivity index (χ3n) is 4.72. The van der Waals surface area contributed by atoms with E-state index >= 15 is 0 Å². The molecule has 8 heteroatoms. The highest BCUT2D eigenvalue weighted by atomic mass is 35.5. The molecule has 0 unspecified atom stereocenters. The van der Waals surface area contributed by atoms with Crippen molar-refractivity contribution in [2.75, 3.05) is 19.6 Å². The van der Waals surface area contributed by atoms with Gasteiger partial charge in [-0.25, -0.2) is 4.98 Å². The van der Waals surface area contributed by atoms with Crippen LogP contribution >= 0.6 is 22.9 Å². The van der Waals surface area contributed by atoms with Gasteiger partial charge in [-0.05, 0) is 43.5 Å². The van der Waals surface area contributed by atoms with Gasteiger partial charge in [0.25, 0.3) is 0 Å². The normalized spacial score (nSPS) is 14.5. The number of amides is 2. The summed E-state index contributed by atoms with van der Waals surface area (Å²) in [5.41, 5.74) is 0.741. The molecule has 6 nitrogen and oxygen atoms in total. The zero-order valence-corrected chi connectivity index (χ0v) is 17.9. The number of benzene rings is 1. The van der Waals surface area contributed by atoms with Crippen LogP contribution in [0.4, 0.5) is 0 Å². The lowest BCUT2D eigenvalue weighted by atomic mass is 10.2. The summed E-state index contributed by atoms with van der Waals surface area (Å²) in [5, 5.41) is 6.29. The van der Waals surface area contributed by atoms with Gasteiger partial charge < -0.3 is 15.0 Å². The monoisotopic (exact) mass is 435 g/mol. The molecule has 1 aromatic carbocycles. The Labute approximate surface area is 180 Å². The van der Waals surface area contributed by atoms with Crippen LogP contribution in [0.5, 0.6) is 5.75 Å². The summed E-state index contributed by atoms with van der Waals surface area (Å²) >= 11 is 7.33. The van der Waals surface area contributed by atoms with Crippen molar-refractivity contribution in [2.45, 2.75) is 45.1 Å². The van der Waals surface area contributed by atoms with E-state index in [1.54, 1.807) is 12.1 Å². The minimum Gasteiger partial charge on any atom is -0.486 e. The maximum absolute atomic E-state index is 12.1. The molecule has 1 aliphatic rings. The molecule has 156 valence electrons. The van der Waals surface area contributed by atoms with E-state index in [1.165, 1.54) is 11.3 Å². The third kappa shape index (κ3) is 7.33. The van der Waals surface area contributed by atoms with Crippen LogP contribution in [-0.2, 0) is 22.6 Å². The summed E-state index contributed by atoms with van der Waals surface area (Å²) in [4.78, 5) is 30.5. The molecule has 1 saturated heterocycles. The number of carbonyl (C=O) groups is 2. The van der Waals surface area contributed by atoms with E-state index in [1.807, 2.05) is 22.4 Å². The molecule has 1 aliphatic heterocycles. The number of nitrogens with zero attached hydrogens (tertiary/aromatic N) is 2. The molecule has 2 aromatic rings. The molecule has 1 aromatic heterocycles. The molecule has 3 rings (SSSR count). The van der Waals surface area contributed by atoms with Gasteiger partial charge in [-0.3, -0.25) is 9.59 Å². The third-order valence-corrected chi connectivity index (χ3v) is 5.84. The van der Waals surface area contributed by atoms with Crippen molar-refractivity contribution in [1.82, 2.24) is 15.2 Å². The SMILES string of the molecule is O=C(Cc1csc(COc2ccc(Cl)cc2)n1)NCCCN1CCCCCC1=O. The first-order valence-corrected chi connectivity index (χ1v) is 11.2. The van der Waals surface area contributed by atoms with E-state index in [0.717, 1.165) is 48.7 Å². The number of hydrogen-bond acceptors (Lipinski definition) is 5. The van der Waals surface area contributed by atoms with Crippen LogP contribution in [0.1, 0.15) is 42.8 Å². The second kappa shape index (κ2) is 11.2. The fourth-order valence-electron chi connectivity index (χ4n) is 3.17. The van der Waals surface area contributed by atoms with Gasteiger partial charge in [0.1, 0.15) is 17.4 Å². The average molecular weight is 436 g/mol. The minimum atomic E-state index is -0.0531. The molecule has 2 amide bonds. The first-order chi connectivity index (χ1) is 14.1. The summed E-state index contributed by atoms with van der Waals surface area (Å²) in [6.07, 6.45) is 4.87. The smallest absolute Gasteiger partial charge is 0.226 e. The van der Waals surface area contributed by atoms with E-state index in [4.69, 9.17) is 16.3 Å². The van der Waals surface area contributed by atoms with Crippen molar-refractivity contribution in [2.24, 2.45) is 0 Å². The van der Waals surface area contributed by atoms with Gasteiger partial charge in [0.05, 0.1) is 12.1 Å². The van der Waals surface area contributed by atoms with Crippen LogP contribution in [0.2, 0.25) is 5.02 Å². The summed E-state index contributed by atoms with van der Waals surface area (Å²) in [6, 6.07) is 7.17. The highest BCUT2D eigenvalue weighted by Crippen LogP contribution is 2.18. The Morgan fingerprint density at radius 3 is 2.90 bits per heavy atom. The van der Waals surface area contributed by atoms with Gasteiger partial charge in [-0.1, -0.05) is 18.0 Å². The van der Waals surface area contributed by atoms with Crippen molar-refractivity contribution in [3.05, 3.63) is 45.4 Å². The minimum absolute atomic E-state index is 0.0531. The van der Waals surface area contributed by atoms with E-state index in [0.29, 0.717) is 31.1 Å². The molecule has 0 spiro atoms. The largest absolute Gasteiger partial charge is 0.486 e. The number of aromatic nitrogens is 1. The van der Waals surface area contributed by atoms with Gasteiger partial charge in [0.15, 0.2) is 0 Å². The van der Waals surface area contributed by atoms with Gasteiger partial charge >= 0.3 is 0 Å². The lowest BCUT2D eigenvalue weighted by Crippen LogP contribution is -2.34. The molecular formula is C21H26ClN3O3S. The summed E-state index contributed by atoms with van der Waals surface area (Å²) < 4.78 is 5.68. The first-order valence-electron chi connectivity index (χ1n) is 9.96. The topological polar surface area (TPSA) is 71.5 Å². The second-order valence-electron chi connectivity index (χ2n) is 7.05. The number of hydrogen-bond donors (Lipinski definition) is 1. The Morgan fingerprint density at radius 1 is 1.24 bits per heavy atom. The van der Waals surface area contributed by atoms with E-state index in [2.05, 4.69) is 10.3 Å². The van der Waals surface area contributed by atoms with Crippen LogP contribution in [0.15, 0.2) is 29.6 Å². The Morgan fingerprint density at radius 2 is 2.07 bits per heavy atom. The number of carbonyl (C=O) groups excluding carboxylic acids is 2. The Kier molecular flexibility index (Phi) is 8.31. The van der Waals surface area contributed by atoms with Crippen molar-refractivity contribution >= 4 is 34.8 Å². The van der Waals surface area contributed by atoms with Crippen LogP contribution in [0.3, 0.4) is 0 Å². The molecule has 0 saturated carbocycles. The molecule has 29 heavy (non-hydrogen) atoms. The van der Waals surface area contributed by atoms with E-state index in [-0.39, 0.29) is 18.2 Å². The van der Waals surface area contributed by atoms with Crippen molar-refractivity contribution in [3.63, 3.8) is 0 Å². The molecule has 0 aliphatic carbocycles. The van der Waals surface area contributed by atoms with E-state index < -0.39 is 0 Å².